The number of carbonyl (C=O) groups is 3. The lowest BCUT2D eigenvalue weighted by Crippen LogP contribution is -2.46. The lowest BCUT2D eigenvalue weighted by molar-refractivity contribution is -0.152. The highest BCUT2D eigenvalue weighted by atomic mass is 16.6. The van der Waals surface area contributed by atoms with E-state index in [1.165, 1.54) is 4.90 Å². The van der Waals surface area contributed by atoms with E-state index >= 15 is 0 Å². The third-order valence-electron chi connectivity index (χ3n) is 5.34. The van der Waals surface area contributed by atoms with Crippen LogP contribution < -0.4 is 4.74 Å². The van der Waals surface area contributed by atoms with E-state index in [1.807, 2.05) is 26.0 Å². The van der Waals surface area contributed by atoms with Crippen molar-refractivity contribution in [3.05, 3.63) is 29.8 Å². The maximum absolute atomic E-state index is 12.2. The molecule has 7 heteroatoms. The smallest absolute Gasteiger partial charge is 0.410 e. The average Bonchev–Trinajstić information content (AvgIpc) is 2.62. The lowest BCUT2D eigenvalue weighted by atomic mass is 9.81. The highest BCUT2D eigenvalue weighted by Gasteiger charge is 2.36. The Morgan fingerprint density at radius 1 is 1.11 bits per heavy atom. The quantitative estimate of drug-likeness (QED) is 0.800. The van der Waals surface area contributed by atoms with Gasteiger partial charge in [0.1, 0.15) is 5.75 Å². The van der Waals surface area contributed by atoms with Crippen LogP contribution in [0.25, 0.3) is 0 Å². The van der Waals surface area contributed by atoms with Gasteiger partial charge >= 0.3 is 6.09 Å². The minimum atomic E-state index is -0.410. The van der Waals surface area contributed by atoms with Gasteiger partial charge in [0.25, 0.3) is 0 Å². The molecule has 3 amide bonds. The van der Waals surface area contributed by atoms with Crippen molar-refractivity contribution in [2.24, 2.45) is 5.41 Å². The maximum atomic E-state index is 12.2. The number of hydrogen-bond donors (Lipinski definition) is 1. The number of aliphatic hydroxyl groups is 1. The SMILES string of the molecule is CC1(C)CC(=O)N(CCc2ccc(OC(=O)N3CCC(O)CC3)cc2)C(=O)C1. The second-order valence-corrected chi connectivity index (χ2v) is 8.44. The molecular formula is C21H28N2O5. The molecule has 28 heavy (non-hydrogen) atoms. The van der Waals surface area contributed by atoms with Gasteiger partial charge in [-0.1, -0.05) is 26.0 Å². The van der Waals surface area contributed by atoms with E-state index in [2.05, 4.69) is 0 Å². The number of ether oxygens (including phenoxy) is 1. The van der Waals surface area contributed by atoms with E-state index in [9.17, 15) is 19.5 Å². The molecule has 2 aliphatic rings. The zero-order valence-corrected chi connectivity index (χ0v) is 16.5. The molecule has 0 aromatic heterocycles. The summed E-state index contributed by atoms with van der Waals surface area (Å²) in [6.07, 6.45) is 1.73. The van der Waals surface area contributed by atoms with Gasteiger partial charge in [-0.05, 0) is 42.4 Å². The van der Waals surface area contributed by atoms with E-state index in [1.54, 1.807) is 17.0 Å². The van der Waals surface area contributed by atoms with Crippen molar-refractivity contribution in [2.45, 2.75) is 52.1 Å². The zero-order chi connectivity index (χ0) is 20.3. The largest absolute Gasteiger partial charge is 0.415 e. The number of amides is 3. The number of benzene rings is 1. The molecule has 2 saturated heterocycles. The lowest BCUT2D eigenvalue weighted by Gasteiger charge is -2.34. The molecule has 0 bridgehead atoms. The van der Waals surface area contributed by atoms with Gasteiger partial charge in [-0.15, -0.1) is 0 Å². The van der Waals surface area contributed by atoms with E-state index in [4.69, 9.17) is 4.74 Å². The number of carbonyl (C=O) groups excluding carboxylic acids is 3. The van der Waals surface area contributed by atoms with E-state index in [0.29, 0.717) is 57.5 Å². The van der Waals surface area contributed by atoms with Crippen LogP contribution in [0.4, 0.5) is 4.79 Å². The van der Waals surface area contributed by atoms with Crippen molar-refractivity contribution in [3.8, 4) is 5.75 Å². The fourth-order valence-electron chi connectivity index (χ4n) is 3.64. The Morgan fingerprint density at radius 3 is 2.25 bits per heavy atom. The molecular weight excluding hydrogens is 360 g/mol. The summed E-state index contributed by atoms with van der Waals surface area (Å²) >= 11 is 0. The van der Waals surface area contributed by atoms with E-state index < -0.39 is 6.09 Å². The number of rotatable bonds is 4. The molecule has 0 aliphatic carbocycles. The normalized spacial score (nSPS) is 20.4. The van der Waals surface area contributed by atoms with Gasteiger partial charge in [0.15, 0.2) is 0 Å². The van der Waals surface area contributed by atoms with Crippen LogP contribution in [0.3, 0.4) is 0 Å². The van der Waals surface area contributed by atoms with Gasteiger partial charge in [-0.2, -0.15) is 0 Å². The summed E-state index contributed by atoms with van der Waals surface area (Å²) in [6.45, 7) is 5.22. The predicted octanol–water partition coefficient (Wildman–Crippen LogP) is 2.36. The summed E-state index contributed by atoms with van der Waals surface area (Å²) < 4.78 is 5.38. The first-order valence-corrected chi connectivity index (χ1v) is 9.80. The Kier molecular flexibility index (Phi) is 6.03. The number of aliphatic hydroxyl groups excluding tert-OH is 1. The average molecular weight is 388 g/mol. The minimum Gasteiger partial charge on any atom is -0.410 e. The van der Waals surface area contributed by atoms with Crippen molar-refractivity contribution in [2.75, 3.05) is 19.6 Å². The molecule has 0 spiro atoms. The van der Waals surface area contributed by atoms with Crippen molar-refractivity contribution < 1.29 is 24.2 Å². The minimum absolute atomic E-state index is 0.113. The molecule has 0 saturated carbocycles. The van der Waals surface area contributed by atoms with Gasteiger partial charge in [-0.25, -0.2) is 4.79 Å². The standard InChI is InChI=1S/C21H28N2O5/c1-21(2)13-18(25)23(19(26)14-21)12-7-15-3-5-17(6-4-15)28-20(27)22-10-8-16(24)9-11-22/h3-6,16,24H,7-14H2,1-2H3. The monoisotopic (exact) mass is 388 g/mol. The number of nitrogens with zero attached hydrogens (tertiary/aromatic N) is 2. The molecule has 1 N–H and O–H groups in total. The van der Waals surface area contributed by atoms with Crippen LogP contribution in [-0.2, 0) is 16.0 Å². The molecule has 1 aromatic rings. The van der Waals surface area contributed by atoms with Gasteiger partial charge < -0.3 is 14.7 Å². The number of imide groups is 1. The topological polar surface area (TPSA) is 87.2 Å². The Hall–Kier alpha value is -2.41. The van der Waals surface area contributed by atoms with Crippen molar-refractivity contribution in [1.29, 1.82) is 0 Å². The van der Waals surface area contributed by atoms with Crippen LogP contribution in [0.15, 0.2) is 24.3 Å². The predicted molar refractivity (Wildman–Crippen MR) is 103 cm³/mol. The van der Waals surface area contributed by atoms with Gasteiger partial charge in [-0.3, -0.25) is 14.5 Å². The Morgan fingerprint density at radius 2 is 1.68 bits per heavy atom. The van der Waals surface area contributed by atoms with Crippen LogP contribution in [0.2, 0.25) is 0 Å². The Labute approximate surface area is 165 Å². The summed E-state index contributed by atoms with van der Waals surface area (Å²) in [4.78, 5) is 39.5. The number of hydrogen-bond acceptors (Lipinski definition) is 5. The first kappa shape index (κ1) is 20.3. The molecule has 3 rings (SSSR count). The molecule has 2 fully saturated rings. The van der Waals surface area contributed by atoms with E-state index in [0.717, 1.165) is 5.56 Å². The fourth-order valence-corrected chi connectivity index (χ4v) is 3.64. The molecule has 0 unspecified atom stereocenters. The van der Waals surface area contributed by atoms with Crippen molar-refractivity contribution in [3.63, 3.8) is 0 Å². The van der Waals surface area contributed by atoms with Crippen molar-refractivity contribution in [1.82, 2.24) is 9.80 Å². The van der Waals surface area contributed by atoms with Crippen molar-refractivity contribution >= 4 is 17.9 Å². The zero-order valence-electron chi connectivity index (χ0n) is 16.5. The summed E-state index contributed by atoms with van der Waals surface area (Å²) in [5.41, 5.74) is 0.703. The molecule has 2 aliphatic heterocycles. The third-order valence-corrected chi connectivity index (χ3v) is 5.34. The van der Waals surface area contributed by atoms with Crippen LogP contribution in [0.1, 0.15) is 45.1 Å². The van der Waals surface area contributed by atoms with Gasteiger partial charge in [0.05, 0.1) is 6.10 Å². The molecule has 152 valence electrons. The summed E-state index contributed by atoms with van der Waals surface area (Å²) in [6, 6.07) is 7.11. The number of piperidine rings is 2. The van der Waals surface area contributed by atoms with E-state index in [-0.39, 0.29) is 23.3 Å². The third kappa shape index (κ3) is 5.10. The highest BCUT2D eigenvalue weighted by Crippen LogP contribution is 2.31. The summed E-state index contributed by atoms with van der Waals surface area (Å²) in [7, 11) is 0. The summed E-state index contributed by atoms with van der Waals surface area (Å²) in [5, 5.41) is 9.51. The van der Waals surface area contributed by atoms with Crippen LogP contribution in [-0.4, -0.2) is 58.6 Å². The molecule has 7 nitrogen and oxygen atoms in total. The first-order chi connectivity index (χ1) is 13.2. The molecule has 1 aromatic carbocycles. The van der Waals surface area contributed by atoms with Crippen LogP contribution in [0, 0.1) is 5.41 Å². The molecule has 0 radical (unpaired) electrons. The Balaban J connectivity index is 1.50. The molecule has 0 atom stereocenters. The highest BCUT2D eigenvalue weighted by molar-refractivity contribution is 5.98. The van der Waals surface area contributed by atoms with Gasteiger partial charge in [0.2, 0.25) is 11.8 Å². The van der Waals surface area contributed by atoms with Gasteiger partial charge in [0, 0.05) is 32.5 Å². The second kappa shape index (κ2) is 8.31. The van der Waals surface area contributed by atoms with Crippen LogP contribution >= 0.6 is 0 Å². The fraction of sp³-hybridized carbons (Fsp3) is 0.571. The van der Waals surface area contributed by atoms with Crippen LogP contribution in [0.5, 0.6) is 5.75 Å². The summed E-state index contributed by atoms with van der Waals surface area (Å²) in [5.74, 6) is 0.226. The maximum Gasteiger partial charge on any atom is 0.415 e. The molecule has 2 heterocycles. The number of likely N-dealkylation sites (tertiary alicyclic amines) is 2. The second-order valence-electron chi connectivity index (χ2n) is 8.44. The Bertz CT molecular complexity index is 716. The first-order valence-electron chi connectivity index (χ1n) is 9.80.